The summed E-state index contributed by atoms with van der Waals surface area (Å²) in [5.74, 6) is 0.737. The van der Waals surface area contributed by atoms with Gasteiger partial charge in [0.1, 0.15) is 5.69 Å². The lowest BCUT2D eigenvalue weighted by atomic mass is 10.0. The van der Waals surface area contributed by atoms with Crippen molar-refractivity contribution in [2.45, 2.75) is 19.9 Å². The molecule has 1 saturated heterocycles. The summed E-state index contributed by atoms with van der Waals surface area (Å²) in [5, 5.41) is 6.38. The first kappa shape index (κ1) is 22.5. The minimum atomic E-state index is 0.0143. The van der Waals surface area contributed by atoms with Gasteiger partial charge in [-0.25, -0.2) is 0 Å². The summed E-state index contributed by atoms with van der Waals surface area (Å²) in [6.07, 6.45) is 0.756. The highest BCUT2D eigenvalue weighted by atomic mass is 32.1. The van der Waals surface area contributed by atoms with E-state index >= 15 is 0 Å². The molecule has 1 aliphatic rings. The Kier molecular flexibility index (Phi) is 7.57. The van der Waals surface area contributed by atoms with Crippen LogP contribution in [0.4, 0.5) is 5.88 Å². The highest BCUT2D eigenvalue weighted by Crippen LogP contribution is 2.34. The predicted molar refractivity (Wildman–Crippen MR) is 125 cm³/mol. The molecule has 4 rings (SSSR count). The number of hydrogen-bond donors (Lipinski definition) is 0. The normalized spacial score (nSPS) is 14.0. The number of carbonyl (C=O) groups excluding carboxylic acids is 1. The van der Waals surface area contributed by atoms with Gasteiger partial charge in [0.2, 0.25) is 5.88 Å². The van der Waals surface area contributed by atoms with E-state index in [2.05, 4.69) is 29.1 Å². The van der Waals surface area contributed by atoms with Crippen LogP contribution in [0.3, 0.4) is 0 Å². The maximum absolute atomic E-state index is 13.3. The minimum Gasteiger partial charge on any atom is -0.385 e. The summed E-state index contributed by atoms with van der Waals surface area (Å²) in [7, 11) is 1.68. The Morgan fingerprint density at radius 2 is 2.09 bits per heavy atom. The molecule has 32 heavy (non-hydrogen) atoms. The van der Waals surface area contributed by atoms with E-state index in [0.29, 0.717) is 32.9 Å². The number of amides is 1. The molecule has 0 radical (unpaired) electrons. The second kappa shape index (κ2) is 10.8. The number of rotatable bonds is 9. The number of carbonyl (C=O) groups is 1. The Morgan fingerprint density at radius 3 is 2.81 bits per heavy atom. The minimum absolute atomic E-state index is 0.0143. The second-order valence-corrected chi connectivity index (χ2v) is 8.78. The third-order valence-electron chi connectivity index (χ3n) is 5.50. The van der Waals surface area contributed by atoms with Crippen LogP contribution in [0.2, 0.25) is 0 Å². The number of morpholine rings is 1. The molecular weight excluding hydrogens is 426 g/mol. The summed E-state index contributed by atoms with van der Waals surface area (Å²) in [5.41, 5.74) is 3.85. The third-order valence-corrected chi connectivity index (χ3v) is 6.36. The SMILES string of the molecule is COCCCN(Cc1c(-c2cccc(C)c2)noc1N1CCOCC1)C(=O)c1cccs1. The van der Waals surface area contributed by atoms with Gasteiger partial charge in [-0.05, 0) is 30.9 Å². The van der Waals surface area contributed by atoms with Gasteiger partial charge in [-0.1, -0.05) is 35.0 Å². The summed E-state index contributed by atoms with van der Waals surface area (Å²) < 4.78 is 16.6. The molecule has 8 heteroatoms. The average Bonchev–Trinajstić information content (AvgIpc) is 3.49. The maximum atomic E-state index is 13.3. The number of hydrogen-bond acceptors (Lipinski definition) is 7. The van der Waals surface area contributed by atoms with Crippen LogP contribution in [0.25, 0.3) is 11.3 Å². The van der Waals surface area contributed by atoms with Gasteiger partial charge in [0.05, 0.1) is 30.2 Å². The molecule has 7 nitrogen and oxygen atoms in total. The lowest BCUT2D eigenvalue weighted by Crippen LogP contribution is -2.37. The molecule has 0 unspecified atom stereocenters. The zero-order valence-corrected chi connectivity index (χ0v) is 19.4. The van der Waals surface area contributed by atoms with Crippen LogP contribution in [0.15, 0.2) is 46.3 Å². The third kappa shape index (κ3) is 5.20. The average molecular weight is 456 g/mol. The van der Waals surface area contributed by atoms with Crippen molar-refractivity contribution in [1.29, 1.82) is 0 Å². The molecule has 1 amide bonds. The van der Waals surface area contributed by atoms with Crippen LogP contribution in [-0.4, -0.2) is 62.5 Å². The predicted octanol–water partition coefficient (Wildman–Crippen LogP) is 4.23. The summed E-state index contributed by atoms with van der Waals surface area (Å²) in [6.45, 7) is 6.42. The number of benzene rings is 1. The summed E-state index contributed by atoms with van der Waals surface area (Å²) in [4.78, 5) is 18.1. The molecule has 3 aromatic rings. The number of nitrogens with zero attached hydrogens (tertiary/aromatic N) is 3. The Hall–Kier alpha value is -2.68. The monoisotopic (exact) mass is 455 g/mol. The molecule has 0 N–H and O–H groups in total. The standard InChI is InChI=1S/C24H29N3O4S/c1-18-6-3-7-19(16-18)22-20(24(31-25-22)26-10-13-30-14-11-26)17-27(9-5-12-29-2)23(28)21-8-4-15-32-21/h3-4,6-8,15-16H,5,9-14,17H2,1-2H3. The van der Waals surface area contributed by atoms with Gasteiger partial charge in [0.25, 0.3) is 5.91 Å². The van der Waals surface area contributed by atoms with Crippen molar-refractivity contribution in [3.63, 3.8) is 0 Å². The van der Waals surface area contributed by atoms with Crippen molar-refractivity contribution in [2.75, 3.05) is 51.5 Å². The number of ether oxygens (including phenoxy) is 2. The maximum Gasteiger partial charge on any atom is 0.264 e. The molecule has 0 spiro atoms. The zero-order valence-electron chi connectivity index (χ0n) is 18.6. The first-order chi connectivity index (χ1) is 15.7. The van der Waals surface area contributed by atoms with Gasteiger partial charge in [0.15, 0.2) is 0 Å². The van der Waals surface area contributed by atoms with Gasteiger partial charge >= 0.3 is 0 Å². The second-order valence-electron chi connectivity index (χ2n) is 7.83. The Labute approximate surface area is 192 Å². The number of aryl methyl sites for hydroxylation is 1. The van der Waals surface area contributed by atoms with E-state index in [0.717, 1.165) is 52.7 Å². The fraction of sp³-hybridized carbons (Fsp3) is 0.417. The van der Waals surface area contributed by atoms with Crippen LogP contribution in [0, 0.1) is 6.92 Å². The first-order valence-electron chi connectivity index (χ1n) is 10.9. The van der Waals surface area contributed by atoms with Crippen molar-refractivity contribution in [3.8, 4) is 11.3 Å². The Morgan fingerprint density at radius 1 is 1.25 bits per heavy atom. The van der Waals surface area contributed by atoms with Crippen LogP contribution >= 0.6 is 11.3 Å². The van der Waals surface area contributed by atoms with Crippen molar-refractivity contribution in [3.05, 3.63) is 57.8 Å². The van der Waals surface area contributed by atoms with Crippen LogP contribution in [0.1, 0.15) is 27.2 Å². The molecule has 170 valence electrons. The largest absolute Gasteiger partial charge is 0.385 e. The van der Waals surface area contributed by atoms with E-state index in [1.807, 2.05) is 34.5 Å². The van der Waals surface area contributed by atoms with Gasteiger partial charge < -0.3 is 23.8 Å². The number of anilines is 1. The van der Waals surface area contributed by atoms with E-state index in [-0.39, 0.29) is 5.91 Å². The molecule has 1 aromatic carbocycles. The van der Waals surface area contributed by atoms with Crippen LogP contribution < -0.4 is 4.90 Å². The van der Waals surface area contributed by atoms with Crippen LogP contribution in [-0.2, 0) is 16.0 Å². The smallest absolute Gasteiger partial charge is 0.264 e. The Balaban J connectivity index is 1.70. The van der Waals surface area contributed by atoms with Gasteiger partial charge in [-0.15, -0.1) is 11.3 Å². The highest BCUT2D eigenvalue weighted by molar-refractivity contribution is 7.12. The Bertz CT molecular complexity index is 1010. The van der Waals surface area contributed by atoms with E-state index in [9.17, 15) is 4.79 Å². The van der Waals surface area contributed by atoms with Crippen molar-refractivity contribution >= 4 is 23.1 Å². The van der Waals surface area contributed by atoms with Crippen molar-refractivity contribution < 1.29 is 18.8 Å². The quantitative estimate of drug-likeness (QED) is 0.450. The molecule has 2 aromatic heterocycles. The van der Waals surface area contributed by atoms with E-state index in [4.69, 9.17) is 14.0 Å². The molecule has 1 fully saturated rings. The lowest BCUT2D eigenvalue weighted by Gasteiger charge is -2.28. The molecule has 0 saturated carbocycles. The molecule has 0 aliphatic carbocycles. The zero-order chi connectivity index (χ0) is 22.3. The number of thiophene rings is 1. The van der Waals surface area contributed by atoms with E-state index in [1.54, 1.807) is 7.11 Å². The molecular formula is C24H29N3O4S. The fourth-order valence-corrected chi connectivity index (χ4v) is 4.57. The summed E-state index contributed by atoms with van der Waals surface area (Å²) in [6, 6.07) is 12.0. The fourth-order valence-electron chi connectivity index (χ4n) is 3.88. The van der Waals surface area contributed by atoms with E-state index < -0.39 is 0 Å². The number of aromatic nitrogens is 1. The van der Waals surface area contributed by atoms with Crippen molar-refractivity contribution in [2.24, 2.45) is 0 Å². The lowest BCUT2D eigenvalue weighted by molar-refractivity contribution is 0.0728. The summed E-state index contributed by atoms with van der Waals surface area (Å²) >= 11 is 1.46. The number of methoxy groups -OCH3 is 1. The van der Waals surface area contributed by atoms with Crippen molar-refractivity contribution in [1.82, 2.24) is 10.1 Å². The topological polar surface area (TPSA) is 68.0 Å². The highest BCUT2D eigenvalue weighted by Gasteiger charge is 2.27. The van der Waals surface area contributed by atoms with Gasteiger partial charge in [-0.3, -0.25) is 4.79 Å². The van der Waals surface area contributed by atoms with E-state index in [1.165, 1.54) is 11.3 Å². The molecule has 0 atom stereocenters. The molecule has 3 heterocycles. The van der Waals surface area contributed by atoms with Gasteiger partial charge in [-0.2, -0.15) is 0 Å². The molecule has 1 aliphatic heterocycles. The molecule has 0 bridgehead atoms. The van der Waals surface area contributed by atoms with Gasteiger partial charge in [0, 0.05) is 38.9 Å². The van der Waals surface area contributed by atoms with Crippen LogP contribution in [0.5, 0.6) is 0 Å². The first-order valence-corrected chi connectivity index (χ1v) is 11.8.